The molecule has 1 atom stereocenters. The number of carbonyl (C=O) groups excluding carboxylic acids is 2. The number of nitrogens with one attached hydrogen (secondary N) is 1. The summed E-state index contributed by atoms with van der Waals surface area (Å²) < 4.78 is 5.27. The third-order valence-electron chi connectivity index (χ3n) is 2.82. The molecule has 1 N–H and O–H groups in total. The molecule has 1 unspecified atom stereocenters. The fraction of sp³-hybridized carbons (Fsp3) is 0.385. The fourth-order valence-corrected chi connectivity index (χ4v) is 1.88. The number of hydrogen-bond donors (Lipinski definition) is 1. The van der Waals surface area contributed by atoms with Crippen LogP contribution in [0.2, 0.25) is 0 Å². The lowest BCUT2D eigenvalue weighted by molar-refractivity contribution is -0.123. The topological polar surface area (TPSA) is 55.4 Å². The maximum Gasteiger partial charge on any atom is 0.229 e. The predicted octanol–water partition coefficient (Wildman–Crippen LogP) is 1.86. The van der Waals surface area contributed by atoms with Crippen molar-refractivity contribution in [3.05, 3.63) is 29.8 Å². The van der Waals surface area contributed by atoms with E-state index in [1.54, 1.807) is 24.3 Å². The first kappa shape index (κ1) is 11.8. The number of benzene rings is 1. The van der Waals surface area contributed by atoms with E-state index in [2.05, 4.69) is 5.32 Å². The minimum Gasteiger partial charge on any atom is -0.381 e. The summed E-state index contributed by atoms with van der Waals surface area (Å²) in [5.74, 6) is -0.114. The lowest BCUT2D eigenvalue weighted by Gasteiger charge is -2.21. The molecule has 1 aliphatic rings. The lowest BCUT2D eigenvalue weighted by Crippen LogP contribution is -2.30. The molecule has 0 aromatic heterocycles. The van der Waals surface area contributed by atoms with Crippen LogP contribution in [0, 0.1) is 5.92 Å². The minimum atomic E-state index is -0.0800. The highest BCUT2D eigenvalue weighted by Crippen LogP contribution is 2.17. The van der Waals surface area contributed by atoms with E-state index >= 15 is 0 Å². The third kappa shape index (κ3) is 3.14. The summed E-state index contributed by atoms with van der Waals surface area (Å²) in [6.07, 6.45) is 2.55. The molecule has 90 valence electrons. The quantitative estimate of drug-likeness (QED) is 0.811. The maximum absolute atomic E-state index is 11.9. The largest absolute Gasteiger partial charge is 0.381 e. The van der Waals surface area contributed by atoms with Crippen LogP contribution in [0.4, 0.5) is 5.69 Å². The molecule has 0 aliphatic carbocycles. The smallest absolute Gasteiger partial charge is 0.229 e. The molecule has 4 heteroatoms. The van der Waals surface area contributed by atoms with E-state index < -0.39 is 0 Å². The van der Waals surface area contributed by atoms with Crippen LogP contribution in [0.3, 0.4) is 0 Å². The molecule has 1 aromatic rings. The van der Waals surface area contributed by atoms with Gasteiger partial charge in [-0.25, -0.2) is 0 Å². The lowest BCUT2D eigenvalue weighted by atomic mass is 10.0. The van der Waals surface area contributed by atoms with Gasteiger partial charge in [-0.1, -0.05) is 12.1 Å². The van der Waals surface area contributed by atoms with Crippen LogP contribution in [-0.2, 0) is 9.53 Å². The van der Waals surface area contributed by atoms with Crippen LogP contribution in [0.15, 0.2) is 24.3 Å². The van der Waals surface area contributed by atoms with E-state index in [9.17, 15) is 9.59 Å². The molecule has 17 heavy (non-hydrogen) atoms. The summed E-state index contributed by atoms with van der Waals surface area (Å²) in [5, 5.41) is 2.81. The Bertz CT molecular complexity index is 411. The van der Waals surface area contributed by atoms with E-state index in [1.165, 1.54) is 0 Å². The Balaban J connectivity index is 1.99. The zero-order chi connectivity index (χ0) is 12.1. The SMILES string of the molecule is O=Cc1cccc(NC(=O)C2CCCOC2)c1. The van der Waals surface area contributed by atoms with Crippen LogP contribution in [0.1, 0.15) is 23.2 Å². The molecule has 0 spiro atoms. The van der Waals surface area contributed by atoms with Crippen molar-refractivity contribution in [3.63, 3.8) is 0 Å². The van der Waals surface area contributed by atoms with Crippen molar-refractivity contribution >= 4 is 17.9 Å². The number of ether oxygens (including phenoxy) is 1. The summed E-state index contributed by atoms with van der Waals surface area (Å²) >= 11 is 0. The Hall–Kier alpha value is -1.68. The predicted molar refractivity (Wildman–Crippen MR) is 64.0 cm³/mol. The Kier molecular flexibility index (Phi) is 3.88. The van der Waals surface area contributed by atoms with Gasteiger partial charge in [0.15, 0.2) is 0 Å². The zero-order valence-corrected chi connectivity index (χ0v) is 9.52. The number of anilines is 1. The van der Waals surface area contributed by atoms with Crippen molar-refractivity contribution in [2.24, 2.45) is 5.92 Å². The highest BCUT2D eigenvalue weighted by molar-refractivity contribution is 5.93. The number of carbonyl (C=O) groups is 2. The number of rotatable bonds is 3. The van der Waals surface area contributed by atoms with Gasteiger partial charge in [0.2, 0.25) is 5.91 Å². The highest BCUT2D eigenvalue weighted by atomic mass is 16.5. The van der Waals surface area contributed by atoms with E-state index in [1.807, 2.05) is 0 Å². The molecule has 1 aliphatic heterocycles. The Labute approximate surface area is 100.0 Å². The highest BCUT2D eigenvalue weighted by Gasteiger charge is 2.21. The van der Waals surface area contributed by atoms with Crippen LogP contribution < -0.4 is 5.32 Å². The van der Waals surface area contributed by atoms with E-state index in [0.29, 0.717) is 17.9 Å². The fourth-order valence-electron chi connectivity index (χ4n) is 1.88. The Morgan fingerprint density at radius 2 is 2.35 bits per heavy atom. The molecule has 0 radical (unpaired) electrons. The Morgan fingerprint density at radius 3 is 3.06 bits per heavy atom. The van der Waals surface area contributed by atoms with E-state index in [4.69, 9.17) is 4.74 Å². The molecule has 1 saturated heterocycles. The second-order valence-electron chi connectivity index (χ2n) is 4.15. The van der Waals surface area contributed by atoms with Crippen LogP contribution in [0.25, 0.3) is 0 Å². The van der Waals surface area contributed by atoms with Gasteiger partial charge in [0.1, 0.15) is 6.29 Å². The van der Waals surface area contributed by atoms with Crippen molar-refractivity contribution in [3.8, 4) is 0 Å². The number of hydrogen-bond acceptors (Lipinski definition) is 3. The van der Waals surface area contributed by atoms with Gasteiger partial charge in [-0.05, 0) is 25.0 Å². The minimum absolute atomic E-state index is 0.0345. The molecule has 0 bridgehead atoms. The van der Waals surface area contributed by atoms with Crippen molar-refractivity contribution in [1.82, 2.24) is 0 Å². The van der Waals surface area contributed by atoms with Gasteiger partial charge in [-0.2, -0.15) is 0 Å². The molecule has 0 saturated carbocycles. The van der Waals surface area contributed by atoms with E-state index in [0.717, 1.165) is 25.7 Å². The average Bonchev–Trinajstić information content (AvgIpc) is 2.40. The Morgan fingerprint density at radius 1 is 1.47 bits per heavy atom. The summed E-state index contributed by atoms with van der Waals surface area (Å²) in [4.78, 5) is 22.5. The van der Waals surface area contributed by atoms with Gasteiger partial charge < -0.3 is 10.1 Å². The van der Waals surface area contributed by atoms with Crippen molar-refractivity contribution in [2.45, 2.75) is 12.8 Å². The van der Waals surface area contributed by atoms with Gasteiger partial charge in [0, 0.05) is 17.9 Å². The van der Waals surface area contributed by atoms with Crippen molar-refractivity contribution in [2.75, 3.05) is 18.5 Å². The third-order valence-corrected chi connectivity index (χ3v) is 2.82. The van der Waals surface area contributed by atoms with Gasteiger partial charge in [0.25, 0.3) is 0 Å². The average molecular weight is 233 g/mol. The number of amides is 1. The summed E-state index contributed by atoms with van der Waals surface area (Å²) in [5.41, 5.74) is 1.22. The summed E-state index contributed by atoms with van der Waals surface area (Å²) in [7, 11) is 0. The van der Waals surface area contributed by atoms with Crippen LogP contribution in [-0.4, -0.2) is 25.4 Å². The van der Waals surface area contributed by atoms with Crippen LogP contribution >= 0.6 is 0 Å². The molecular weight excluding hydrogens is 218 g/mol. The molecule has 1 fully saturated rings. The van der Waals surface area contributed by atoms with Crippen LogP contribution in [0.5, 0.6) is 0 Å². The summed E-state index contributed by atoms with van der Waals surface area (Å²) in [6, 6.07) is 6.88. The van der Waals surface area contributed by atoms with Gasteiger partial charge in [-0.3, -0.25) is 9.59 Å². The molecule has 4 nitrogen and oxygen atoms in total. The molecule has 1 amide bonds. The molecule has 2 rings (SSSR count). The number of aldehydes is 1. The van der Waals surface area contributed by atoms with E-state index in [-0.39, 0.29) is 11.8 Å². The molecule has 1 aromatic carbocycles. The van der Waals surface area contributed by atoms with Gasteiger partial charge >= 0.3 is 0 Å². The second-order valence-corrected chi connectivity index (χ2v) is 4.15. The summed E-state index contributed by atoms with van der Waals surface area (Å²) in [6.45, 7) is 1.23. The van der Waals surface area contributed by atoms with Gasteiger partial charge in [-0.15, -0.1) is 0 Å². The van der Waals surface area contributed by atoms with Gasteiger partial charge in [0.05, 0.1) is 12.5 Å². The van der Waals surface area contributed by atoms with Crippen molar-refractivity contribution in [1.29, 1.82) is 0 Å². The first-order chi connectivity index (χ1) is 8.29. The maximum atomic E-state index is 11.9. The first-order valence-electron chi connectivity index (χ1n) is 5.73. The molecule has 1 heterocycles. The molecular formula is C13H15NO3. The normalized spacial score (nSPS) is 19.6. The second kappa shape index (κ2) is 5.59. The zero-order valence-electron chi connectivity index (χ0n) is 9.52. The monoisotopic (exact) mass is 233 g/mol. The van der Waals surface area contributed by atoms with Crippen molar-refractivity contribution < 1.29 is 14.3 Å². The standard InChI is InChI=1S/C13H15NO3/c15-8-10-3-1-5-12(7-10)14-13(16)11-4-2-6-17-9-11/h1,3,5,7-8,11H,2,4,6,9H2,(H,14,16). The first-order valence-corrected chi connectivity index (χ1v) is 5.73.